The molecule has 0 aromatic rings. The zero-order chi connectivity index (χ0) is 5.66. The van der Waals surface area contributed by atoms with Crippen molar-refractivity contribution >= 4 is 0 Å². The van der Waals surface area contributed by atoms with Crippen LogP contribution in [0.1, 0.15) is 25.7 Å². The third-order valence-electron chi connectivity index (χ3n) is 1.35. The number of hydrogen-bond donors (Lipinski definition) is 0. The molecule has 0 fully saturated rings. The molecule has 0 nitrogen and oxygen atoms in total. The first-order valence-electron chi connectivity index (χ1n) is 3.30. The quantitative estimate of drug-likeness (QED) is 0.384. The predicted octanol–water partition coefficient (Wildman–Crippen LogP) is 2.67. The van der Waals surface area contributed by atoms with Crippen LogP contribution in [0.25, 0.3) is 0 Å². The van der Waals surface area contributed by atoms with E-state index in [2.05, 4.69) is 24.3 Å². The van der Waals surface area contributed by atoms with E-state index in [1.165, 1.54) is 19.3 Å². The summed E-state index contributed by atoms with van der Waals surface area (Å²) in [5.74, 6) is 0. The third kappa shape index (κ3) is 4.48. The third-order valence-corrected chi connectivity index (χ3v) is 1.35. The Kier molecular flexibility index (Phi) is 6.08. The van der Waals surface area contributed by atoms with Crippen molar-refractivity contribution in [2.45, 2.75) is 25.7 Å². The average molecular weight is 167 g/mol. The molecule has 0 aliphatic heterocycles. The van der Waals surface area contributed by atoms with Crippen LogP contribution >= 0.6 is 0 Å². The van der Waals surface area contributed by atoms with Gasteiger partial charge in [-0.25, -0.2) is 0 Å². The van der Waals surface area contributed by atoms with Gasteiger partial charge < -0.3 is 0 Å². The Labute approximate surface area is 67.0 Å². The molecule has 1 heteroatoms. The molecule has 0 saturated heterocycles. The second kappa shape index (κ2) is 6.10. The molecule has 0 bridgehead atoms. The van der Waals surface area contributed by atoms with Crippen LogP contribution in [-0.2, 0) is 16.5 Å². The van der Waals surface area contributed by atoms with Crippen LogP contribution in [-0.4, -0.2) is 0 Å². The average Bonchev–Trinajstić information content (AvgIpc) is 1.62. The smallest absolute Gasteiger partial charge is 0 e. The zero-order valence-corrected chi connectivity index (χ0v) is 6.44. The van der Waals surface area contributed by atoms with Crippen molar-refractivity contribution in [1.29, 1.82) is 0 Å². The maximum Gasteiger partial charge on any atom is 0 e. The van der Waals surface area contributed by atoms with Gasteiger partial charge in [0.05, 0.1) is 0 Å². The Morgan fingerprint density at radius 2 is 1.33 bits per heavy atom. The molecule has 1 rings (SSSR count). The van der Waals surface area contributed by atoms with Crippen molar-refractivity contribution in [2.75, 3.05) is 0 Å². The molecule has 0 aromatic heterocycles. The molecular formula is C8H12Ni. The fourth-order valence-electron chi connectivity index (χ4n) is 0.860. The molecule has 9 heavy (non-hydrogen) atoms. The van der Waals surface area contributed by atoms with Gasteiger partial charge in [0.2, 0.25) is 0 Å². The summed E-state index contributed by atoms with van der Waals surface area (Å²) in [6, 6.07) is 0. The maximum atomic E-state index is 2.27. The van der Waals surface area contributed by atoms with E-state index in [-0.39, 0.29) is 16.5 Å². The van der Waals surface area contributed by atoms with Crippen molar-refractivity contribution in [3.8, 4) is 0 Å². The molecule has 0 amide bonds. The molecule has 0 heterocycles. The molecular weight excluding hydrogens is 155 g/mol. The number of hydrogen-bond acceptors (Lipinski definition) is 0. The van der Waals surface area contributed by atoms with Gasteiger partial charge in [-0.05, 0) is 25.7 Å². The summed E-state index contributed by atoms with van der Waals surface area (Å²) in [7, 11) is 0. The monoisotopic (exact) mass is 166 g/mol. The van der Waals surface area contributed by atoms with Crippen LogP contribution < -0.4 is 0 Å². The van der Waals surface area contributed by atoms with Crippen LogP contribution in [0.3, 0.4) is 0 Å². The molecule has 0 aromatic carbocycles. The second-order valence-corrected chi connectivity index (χ2v) is 2.11. The molecule has 0 radical (unpaired) electrons. The van der Waals surface area contributed by atoms with E-state index in [1.807, 2.05) is 0 Å². The van der Waals surface area contributed by atoms with Gasteiger partial charge in [0.25, 0.3) is 0 Å². The molecule has 0 saturated carbocycles. The van der Waals surface area contributed by atoms with Gasteiger partial charge in [-0.2, -0.15) is 0 Å². The van der Waals surface area contributed by atoms with Gasteiger partial charge in [-0.1, -0.05) is 24.3 Å². The predicted molar refractivity (Wildman–Crippen MR) is 36.7 cm³/mol. The molecule has 0 spiro atoms. The summed E-state index contributed by atoms with van der Waals surface area (Å²) in [5.41, 5.74) is 0. The first-order valence-corrected chi connectivity index (χ1v) is 3.30. The van der Waals surface area contributed by atoms with E-state index in [4.69, 9.17) is 0 Å². The standard InChI is InChI=1S/C8H12.Ni/c1-2-4-6-8-7-5-3-1;/h1-2,5,7H,3-4,6,8H2;. The minimum Gasteiger partial charge on any atom is -0.0882 e. The van der Waals surface area contributed by atoms with Crippen molar-refractivity contribution in [1.82, 2.24) is 0 Å². The fraction of sp³-hybridized carbons (Fsp3) is 0.500. The van der Waals surface area contributed by atoms with Crippen LogP contribution in [0.2, 0.25) is 0 Å². The van der Waals surface area contributed by atoms with Gasteiger partial charge >= 0.3 is 0 Å². The van der Waals surface area contributed by atoms with E-state index in [0.717, 1.165) is 6.42 Å². The Balaban J connectivity index is 0.000000640. The van der Waals surface area contributed by atoms with Crippen molar-refractivity contribution in [2.24, 2.45) is 0 Å². The van der Waals surface area contributed by atoms with Gasteiger partial charge in [0, 0.05) is 16.5 Å². The van der Waals surface area contributed by atoms with Crippen molar-refractivity contribution < 1.29 is 16.5 Å². The van der Waals surface area contributed by atoms with Gasteiger partial charge in [-0.15, -0.1) is 0 Å². The molecule has 0 unspecified atom stereocenters. The Hall–Kier alpha value is -0.0265. The fourth-order valence-corrected chi connectivity index (χ4v) is 0.860. The maximum absolute atomic E-state index is 2.27. The van der Waals surface area contributed by atoms with Crippen LogP contribution in [0.15, 0.2) is 24.3 Å². The number of rotatable bonds is 0. The minimum absolute atomic E-state index is 0. The van der Waals surface area contributed by atoms with E-state index >= 15 is 0 Å². The SMILES string of the molecule is C1=CCCCC=CC1.[Ni]. The molecule has 0 atom stereocenters. The first-order chi connectivity index (χ1) is 4.00. The normalized spacial score (nSPS) is 17.8. The van der Waals surface area contributed by atoms with E-state index in [9.17, 15) is 0 Å². The van der Waals surface area contributed by atoms with Crippen LogP contribution in [0.5, 0.6) is 0 Å². The Bertz CT molecular complexity index is 91.1. The molecule has 1 aliphatic rings. The van der Waals surface area contributed by atoms with E-state index in [1.54, 1.807) is 0 Å². The largest absolute Gasteiger partial charge is 0.0882 e. The topological polar surface area (TPSA) is 0 Å². The van der Waals surface area contributed by atoms with Crippen LogP contribution in [0.4, 0.5) is 0 Å². The Morgan fingerprint density at radius 3 is 1.89 bits per heavy atom. The molecule has 0 N–H and O–H groups in total. The summed E-state index contributed by atoms with van der Waals surface area (Å²) >= 11 is 0. The van der Waals surface area contributed by atoms with Gasteiger partial charge in [0.1, 0.15) is 0 Å². The molecule has 54 valence electrons. The minimum atomic E-state index is 0. The first kappa shape index (κ1) is 8.97. The summed E-state index contributed by atoms with van der Waals surface area (Å²) in [6.45, 7) is 0. The molecule has 1 aliphatic carbocycles. The van der Waals surface area contributed by atoms with Crippen LogP contribution in [0, 0.1) is 0 Å². The summed E-state index contributed by atoms with van der Waals surface area (Å²) in [4.78, 5) is 0. The summed E-state index contributed by atoms with van der Waals surface area (Å²) < 4.78 is 0. The Morgan fingerprint density at radius 1 is 0.778 bits per heavy atom. The van der Waals surface area contributed by atoms with Crippen molar-refractivity contribution in [3.05, 3.63) is 24.3 Å². The van der Waals surface area contributed by atoms with Gasteiger partial charge in [-0.3, -0.25) is 0 Å². The summed E-state index contributed by atoms with van der Waals surface area (Å²) in [6.07, 6.45) is 14.0. The van der Waals surface area contributed by atoms with Crippen molar-refractivity contribution in [3.63, 3.8) is 0 Å². The van der Waals surface area contributed by atoms with E-state index in [0.29, 0.717) is 0 Å². The second-order valence-electron chi connectivity index (χ2n) is 2.11. The summed E-state index contributed by atoms with van der Waals surface area (Å²) in [5, 5.41) is 0. The number of allylic oxidation sites excluding steroid dienone is 4. The zero-order valence-electron chi connectivity index (χ0n) is 5.45. The van der Waals surface area contributed by atoms with E-state index < -0.39 is 0 Å². The van der Waals surface area contributed by atoms with Gasteiger partial charge in [0.15, 0.2) is 0 Å².